The molecule has 0 heterocycles. The number of anilines is 1. The van der Waals surface area contributed by atoms with Crippen LogP contribution in [0.5, 0.6) is 0 Å². The molecule has 0 radical (unpaired) electrons. The zero-order chi connectivity index (χ0) is 12.1. The summed E-state index contributed by atoms with van der Waals surface area (Å²) in [5, 5.41) is 5.89. The Bertz CT molecular complexity index is 389. The highest BCUT2D eigenvalue weighted by molar-refractivity contribution is 7.98. The smallest absolute Gasteiger partial charge is 0.319 e. The van der Waals surface area contributed by atoms with Gasteiger partial charge in [0, 0.05) is 16.6 Å². The number of carbonyl (C=O) groups is 1. The van der Waals surface area contributed by atoms with E-state index in [0.717, 1.165) is 23.4 Å². The number of benzene rings is 1. The van der Waals surface area contributed by atoms with E-state index < -0.39 is 0 Å². The fraction of sp³-hybridized carbons (Fsp3) is 0.462. The Balaban J connectivity index is 1.88. The molecular formula is C13H18N2OS. The molecule has 0 spiro atoms. The Morgan fingerprint density at radius 2 is 2.12 bits per heavy atom. The van der Waals surface area contributed by atoms with Crippen molar-refractivity contribution in [1.29, 1.82) is 0 Å². The predicted octanol–water partition coefficient (Wildman–Crippen LogP) is 3.47. The predicted molar refractivity (Wildman–Crippen MR) is 72.6 cm³/mol. The second kappa shape index (κ2) is 5.96. The van der Waals surface area contributed by atoms with Gasteiger partial charge < -0.3 is 10.6 Å². The van der Waals surface area contributed by atoms with E-state index in [4.69, 9.17) is 0 Å². The Morgan fingerprint density at radius 3 is 2.82 bits per heavy atom. The highest BCUT2D eigenvalue weighted by atomic mass is 32.2. The first-order valence-corrected chi connectivity index (χ1v) is 7.22. The van der Waals surface area contributed by atoms with Crippen molar-refractivity contribution in [2.75, 3.05) is 11.6 Å². The van der Waals surface area contributed by atoms with Crippen LogP contribution >= 0.6 is 11.8 Å². The Hall–Kier alpha value is -1.16. The number of rotatable bonds is 3. The van der Waals surface area contributed by atoms with Crippen molar-refractivity contribution in [3.8, 4) is 0 Å². The first-order valence-electron chi connectivity index (χ1n) is 5.99. The minimum Gasteiger partial charge on any atom is -0.335 e. The summed E-state index contributed by atoms with van der Waals surface area (Å²) in [5.41, 5.74) is 0.854. The van der Waals surface area contributed by atoms with Gasteiger partial charge in [-0.1, -0.05) is 18.9 Å². The molecule has 0 aromatic heterocycles. The second-order valence-corrected chi connectivity index (χ2v) is 5.19. The number of hydrogen-bond donors (Lipinski definition) is 2. The highest BCUT2D eigenvalue weighted by Crippen LogP contribution is 2.20. The van der Waals surface area contributed by atoms with Gasteiger partial charge in [0.05, 0.1) is 0 Å². The van der Waals surface area contributed by atoms with Crippen LogP contribution in [0.3, 0.4) is 0 Å². The molecule has 0 aliphatic heterocycles. The molecule has 0 atom stereocenters. The molecule has 1 fully saturated rings. The van der Waals surface area contributed by atoms with Crippen LogP contribution in [-0.4, -0.2) is 18.3 Å². The SMILES string of the molecule is CSc1cccc(NC(=O)NC2CCCC2)c1. The summed E-state index contributed by atoms with van der Waals surface area (Å²) in [4.78, 5) is 12.9. The van der Waals surface area contributed by atoms with E-state index >= 15 is 0 Å². The average Bonchev–Trinajstić information content (AvgIpc) is 2.82. The van der Waals surface area contributed by atoms with Gasteiger partial charge in [-0.05, 0) is 37.3 Å². The third-order valence-electron chi connectivity index (χ3n) is 3.02. The lowest BCUT2D eigenvalue weighted by atomic mass is 10.2. The average molecular weight is 250 g/mol. The van der Waals surface area contributed by atoms with Crippen molar-refractivity contribution in [3.05, 3.63) is 24.3 Å². The van der Waals surface area contributed by atoms with Crippen molar-refractivity contribution >= 4 is 23.5 Å². The molecule has 4 heteroatoms. The lowest BCUT2D eigenvalue weighted by Gasteiger charge is -2.13. The number of nitrogens with one attached hydrogen (secondary N) is 2. The van der Waals surface area contributed by atoms with Crippen LogP contribution in [0.25, 0.3) is 0 Å². The van der Waals surface area contributed by atoms with Gasteiger partial charge >= 0.3 is 6.03 Å². The van der Waals surface area contributed by atoms with E-state index in [1.54, 1.807) is 11.8 Å². The summed E-state index contributed by atoms with van der Waals surface area (Å²) >= 11 is 1.67. The fourth-order valence-corrected chi connectivity index (χ4v) is 2.58. The molecule has 1 aromatic carbocycles. The first kappa shape index (κ1) is 12.3. The van der Waals surface area contributed by atoms with E-state index in [0.29, 0.717) is 6.04 Å². The van der Waals surface area contributed by atoms with Crippen LogP contribution in [0.15, 0.2) is 29.2 Å². The van der Waals surface area contributed by atoms with E-state index in [9.17, 15) is 4.79 Å². The number of carbonyl (C=O) groups excluding carboxylic acids is 1. The van der Waals surface area contributed by atoms with Gasteiger partial charge in [-0.25, -0.2) is 4.79 Å². The van der Waals surface area contributed by atoms with E-state index in [2.05, 4.69) is 10.6 Å². The normalized spacial score (nSPS) is 15.8. The molecule has 2 rings (SSSR count). The molecule has 1 aliphatic rings. The van der Waals surface area contributed by atoms with E-state index in [1.165, 1.54) is 12.8 Å². The standard InChI is InChI=1S/C13H18N2OS/c1-17-12-8-4-7-11(9-12)15-13(16)14-10-5-2-3-6-10/h4,7-10H,2-3,5-6H2,1H3,(H2,14,15,16). The van der Waals surface area contributed by atoms with Gasteiger partial charge in [0.1, 0.15) is 0 Å². The summed E-state index contributed by atoms with van der Waals surface area (Å²) < 4.78 is 0. The molecule has 3 nitrogen and oxygen atoms in total. The highest BCUT2D eigenvalue weighted by Gasteiger charge is 2.16. The topological polar surface area (TPSA) is 41.1 Å². The Labute approximate surface area is 106 Å². The minimum absolute atomic E-state index is 0.0878. The monoisotopic (exact) mass is 250 g/mol. The third kappa shape index (κ3) is 3.66. The summed E-state index contributed by atoms with van der Waals surface area (Å²) in [6, 6.07) is 8.16. The van der Waals surface area contributed by atoms with Crippen LogP contribution in [-0.2, 0) is 0 Å². The van der Waals surface area contributed by atoms with Gasteiger partial charge in [-0.2, -0.15) is 0 Å². The zero-order valence-corrected chi connectivity index (χ0v) is 10.8. The summed E-state index contributed by atoms with van der Waals surface area (Å²) in [6.07, 6.45) is 6.70. The molecule has 2 amide bonds. The number of thioether (sulfide) groups is 1. The van der Waals surface area contributed by atoms with Gasteiger partial charge in [-0.15, -0.1) is 11.8 Å². The molecule has 92 valence electrons. The van der Waals surface area contributed by atoms with E-state index in [1.807, 2.05) is 30.5 Å². The summed E-state index contributed by atoms with van der Waals surface area (Å²) in [6.45, 7) is 0. The molecule has 1 saturated carbocycles. The van der Waals surface area contributed by atoms with Crippen LogP contribution in [0.2, 0.25) is 0 Å². The van der Waals surface area contributed by atoms with Gasteiger partial charge in [0.15, 0.2) is 0 Å². The van der Waals surface area contributed by atoms with Crippen LogP contribution in [0, 0.1) is 0 Å². The Morgan fingerprint density at radius 1 is 1.35 bits per heavy atom. The van der Waals surface area contributed by atoms with Gasteiger partial charge in [-0.3, -0.25) is 0 Å². The molecule has 0 saturated heterocycles. The fourth-order valence-electron chi connectivity index (χ4n) is 2.12. The second-order valence-electron chi connectivity index (χ2n) is 4.31. The van der Waals surface area contributed by atoms with Crippen molar-refractivity contribution in [3.63, 3.8) is 0 Å². The lowest BCUT2D eigenvalue weighted by Crippen LogP contribution is -2.36. The zero-order valence-electron chi connectivity index (χ0n) is 10.0. The quantitative estimate of drug-likeness (QED) is 0.806. The van der Waals surface area contributed by atoms with Crippen molar-refractivity contribution < 1.29 is 4.79 Å². The maximum Gasteiger partial charge on any atom is 0.319 e. The van der Waals surface area contributed by atoms with Crippen molar-refractivity contribution in [2.24, 2.45) is 0 Å². The number of amides is 2. The first-order chi connectivity index (χ1) is 8.28. The van der Waals surface area contributed by atoms with Gasteiger partial charge in [0.2, 0.25) is 0 Å². The summed E-state index contributed by atoms with van der Waals surface area (Å²) in [5.74, 6) is 0. The summed E-state index contributed by atoms with van der Waals surface area (Å²) in [7, 11) is 0. The molecule has 0 unspecified atom stereocenters. The third-order valence-corrected chi connectivity index (χ3v) is 3.74. The molecule has 0 bridgehead atoms. The molecule has 2 N–H and O–H groups in total. The molecule has 17 heavy (non-hydrogen) atoms. The lowest BCUT2D eigenvalue weighted by molar-refractivity contribution is 0.248. The molecule has 1 aromatic rings. The molecular weight excluding hydrogens is 232 g/mol. The van der Waals surface area contributed by atoms with Gasteiger partial charge in [0.25, 0.3) is 0 Å². The number of hydrogen-bond acceptors (Lipinski definition) is 2. The minimum atomic E-state index is -0.0878. The maximum absolute atomic E-state index is 11.7. The van der Waals surface area contributed by atoms with Crippen molar-refractivity contribution in [1.82, 2.24) is 5.32 Å². The van der Waals surface area contributed by atoms with Crippen LogP contribution in [0.1, 0.15) is 25.7 Å². The maximum atomic E-state index is 11.7. The largest absolute Gasteiger partial charge is 0.335 e. The van der Waals surface area contributed by atoms with Crippen LogP contribution in [0.4, 0.5) is 10.5 Å². The van der Waals surface area contributed by atoms with Crippen LogP contribution < -0.4 is 10.6 Å². The van der Waals surface area contributed by atoms with Crippen molar-refractivity contribution in [2.45, 2.75) is 36.6 Å². The number of urea groups is 1. The Kier molecular flexibility index (Phi) is 4.31. The van der Waals surface area contributed by atoms with E-state index in [-0.39, 0.29) is 6.03 Å². The molecule has 1 aliphatic carbocycles.